The minimum Gasteiger partial charge on any atom is -0.352 e. The molecule has 4 aliphatic rings. The van der Waals surface area contributed by atoms with Crippen molar-refractivity contribution in [3.63, 3.8) is 0 Å². The van der Waals surface area contributed by atoms with Gasteiger partial charge in [-0.3, -0.25) is 19.4 Å². The lowest BCUT2D eigenvalue weighted by Gasteiger charge is -2.56. The van der Waals surface area contributed by atoms with Gasteiger partial charge >= 0.3 is 6.61 Å². The molecule has 3 heterocycles. The number of amides is 2. The first-order valence-corrected chi connectivity index (χ1v) is 10.6. The molecule has 7 nitrogen and oxygen atoms in total. The van der Waals surface area contributed by atoms with Crippen LogP contribution < -0.4 is 10.6 Å². The van der Waals surface area contributed by atoms with Crippen LogP contribution in [0.1, 0.15) is 52.9 Å². The number of piperazine rings is 1. The molecule has 3 aliphatic heterocycles. The van der Waals surface area contributed by atoms with Crippen molar-refractivity contribution in [2.75, 3.05) is 26.2 Å². The second-order valence-electron chi connectivity index (χ2n) is 9.66. The van der Waals surface area contributed by atoms with Gasteiger partial charge in [-0.1, -0.05) is 0 Å². The van der Waals surface area contributed by atoms with E-state index in [9.17, 15) is 18.4 Å². The predicted molar refractivity (Wildman–Crippen MR) is 105 cm³/mol. The largest absolute Gasteiger partial charge is 0.352 e. The molecule has 3 saturated heterocycles. The highest BCUT2D eigenvalue weighted by atomic mass is 19.3. The highest BCUT2D eigenvalue weighted by Gasteiger charge is 2.45. The number of piperidine rings is 1. The SMILES string of the molecule is CC(C)(C)NC(=O)CN1C2CC1CN(CC(=O)NC1CCCC(OC(F)F)C1)C2. The minimum atomic E-state index is -2.76. The predicted octanol–water partition coefficient (Wildman–Crippen LogP) is 1.33. The van der Waals surface area contributed by atoms with Gasteiger partial charge in [0.25, 0.3) is 0 Å². The second kappa shape index (κ2) is 9.22. The molecular weight excluding hydrogens is 382 g/mol. The molecule has 0 aromatic rings. The van der Waals surface area contributed by atoms with E-state index in [-0.39, 0.29) is 23.4 Å². The van der Waals surface area contributed by atoms with E-state index in [1.807, 2.05) is 20.8 Å². The molecule has 2 amide bonds. The van der Waals surface area contributed by atoms with E-state index < -0.39 is 12.7 Å². The molecule has 2 bridgehead atoms. The Morgan fingerprint density at radius 2 is 1.76 bits per heavy atom. The van der Waals surface area contributed by atoms with Crippen LogP contribution in [-0.4, -0.2) is 84.2 Å². The van der Waals surface area contributed by atoms with E-state index in [0.717, 1.165) is 32.4 Å². The van der Waals surface area contributed by atoms with Crippen molar-refractivity contribution in [3.05, 3.63) is 0 Å². The zero-order valence-corrected chi connectivity index (χ0v) is 17.6. The number of carbonyl (C=O) groups is 2. The van der Waals surface area contributed by atoms with E-state index in [2.05, 4.69) is 25.2 Å². The Bertz CT molecular complexity index is 587. The van der Waals surface area contributed by atoms with Gasteiger partial charge in [0.15, 0.2) is 0 Å². The van der Waals surface area contributed by atoms with E-state index in [1.54, 1.807) is 0 Å². The molecule has 0 aromatic heterocycles. The number of halogens is 2. The van der Waals surface area contributed by atoms with Gasteiger partial charge in [0.1, 0.15) is 0 Å². The third-order valence-corrected chi connectivity index (χ3v) is 5.91. The molecule has 0 radical (unpaired) electrons. The maximum Gasteiger partial charge on any atom is 0.345 e. The highest BCUT2D eigenvalue weighted by Crippen LogP contribution is 2.31. The van der Waals surface area contributed by atoms with Crippen LogP contribution in [0.3, 0.4) is 0 Å². The number of hydrogen-bond acceptors (Lipinski definition) is 5. The molecule has 2 N–H and O–H groups in total. The quantitative estimate of drug-likeness (QED) is 0.655. The Kier molecular flexibility index (Phi) is 7.11. The molecule has 29 heavy (non-hydrogen) atoms. The molecule has 0 spiro atoms. The van der Waals surface area contributed by atoms with Crippen molar-refractivity contribution in [1.29, 1.82) is 0 Å². The molecule has 166 valence electrons. The van der Waals surface area contributed by atoms with Crippen molar-refractivity contribution in [1.82, 2.24) is 20.4 Å². The van der Waals surface area contributed by atoms with E-state index in [1.165, 1.54) is 0 Å². The van der Waals surface area contributed by atoms with E-state index in [0.29, 0.717) is 38.0 Å². The number of alkyl halides is 2. The van der Waals surface area contributed by atoms with Gasteiger partial charge in [-0.2, -0.15) is 8.78 Å². The number of carbonyl (C=O) groups excluding carboxylic acids is 2. The Balaban J connectivity index is 1.38. The fourth-order valence-corrected chi connectivity index (χ4v) is 4.81. The van der Waals surface area contributed by atoms with Crippen LogP contribution in [0.25, 0.3) is 0 Å². The molecule has 1 saturated carbocycles. The van der Waals surface area contributed by atoms with Crippen LogP contribution >= 0.6 is 0 Å². The summed E-state index contributed by atoms with van der Waals surface area (Å²) in [4.78, 5) is 29.0. The Morgan fingerprint density at radius 1 is 1.07 bits per heavy atom. The summed E-state index contributed by atoms with van der Waals surface area (Å²) in [5, 5.41) is 5.98. The van der Waals surface area contributed by atoms with Gasteiger partial charge in [-0.25, -0.2) is 0 Å². The summed E-state index contributed by atoms with van der Waals surface area (Å²) in [5.41, 5.74) is -0.236. The maximum absolute atomic E-state index is 12.4. The Labute approximate surface area is 171 Å². The summed E-state index contributed by atoms with van der Waals surface area (Å²) < 4.78 is 29.4. The molecule has 0 aromatic carbocycles. The van der Waals surface area contributed by atoms with Crippen molar-refractivity contribution < 1.29 is 23.1 Å². The summed E-state index contributed by atoms with van der Waals surface area (Å²) in [7, 11) is 0. The lowest BCUT2D eigenvalue weighted by Crippen LogP contribution is -2.70. The van der Waals surface area contributed by atoms with E-state index >= 15 is 0 Å². The zero-order chi connectivity index (χ0) is 21.2. The average Bonchev–Trinajstić information content (AvgIpc) is 2.58. The van der Waals surface area contributed by atoms with Crippen LogP contribution in [0.4, 0.5) is 8.78 Å². The first-order valence-electron chi connectivity index (χ1n) is 10.6. The average molecular weight is 417 g/mol. The summed E-state index contributed by atoms with van der Waals surface area (Å²) in [5.74, 6) is -0.0257. The molecule has 4 fully saturated rings. The highest BCUT2D eigenvalue weighted by molar-refractivity contribution is 5.79. The van der Waals surface area contributed by atoms with Gasteiger partial charge in [0, 0.05) is 36.8 Å². The smallest absolute Gasteiger partial charge is 0.345 e. The van der Waals surface area contributed by atoms with Crippen LogP contribution in [-0.2, 0) is 14.3 Å². The number of ether oxygens (including phenoxy) is 1. The summed E-state index contributed by atoms with van der Waals surface area (Å²) in [6.45, 7) is 5.40. The van der Waals surface area contributed by atoms with Crippen molar-refractivity contribution in [3.8, 4) is 0 Å². The summed E-state index contributed by atoms with van der Waals surface area (Å²) in [6.07, 6.45) is 3.22. The fraction of sp³-hybridized carbons (Fsp3) is 0.900. The van der Waals surface area contributed by atoms with Crippen LogP contribution in [0.5, 0.6) is 0 Å². The van der Waals surface area contributed by atoms with Crippen LogP contribution in [0, 0.1) is 0 Å². The number of rotatable bonds is 7. The van der Waals surface area contributed by atoms with Crippen LogP contribution in [0.2, 0.25) is 0 Å². The Hall–Kier alpha value is -1.32. The maximum atomic E-state index is 12.4. The van der Waals surface area contributed by atoms with E-state index in [4.69, 9.17) is 0 Å². The number of fused-ring (bicyclic) bond motifs is 2. The first-order chi connectivity index (χ1) is 13.6. The molecule has 9 heteroatoms. The van der Waals surface area contributed by atoms with Gasteiger partial charge in [0.05, 0.1) is 19.2 Å². The standard InChI is InChI=1S/C20H34F2N4O3/c1-20(2,3)24-18(28)12-26-14-8-15(26)10-25(9-14)11-17(27)23-13-5-4-6-16(7-13)29-19(21)22/h13-16,19H,4-12H2,1-3H3,(H,23,27)(H,24,28). The summed E-state index contributed by atoms with van der Waals surface area (Å²) >= 11 is 0. The number of nitrogens with zero attached hydrogens (tertiary/aromatic N) is 2. The van der Waals surface area contributed by atoms with Crippen molar-refractivity contribution in [2.24, 2.45) is 0 Å². The fourth-order valence-electron chi connectivity index (χ4n) is 4.81. The third-order valence-electron chi connectivity index (χ3n) is 5.91. The topological polar surface area (TPSA) is 73.9 Å². The molecule has 4 atom stereocenters. The van der Waals surface area contributed by atoms with Gasteiger partial charge in [-0.15, -0.1) is 0 Å². The molecular formula is C20H34F2N4O3. The molecule has 4 rings (SSSR count). The monoisotopic (exact) mass is 416 g/mol. The normalized spacial score (nSPS) is 30.7. The second-order valence-corrected chi connectivity index (χ2v) is 9.66. The lowest BCUT2D eigenvalue weighted by atomic mass is 9.87. The zero-order valence-electron chi connectivity index (χ0n) is 17.6. The number of hydrogen-bond donors (Lipinski definition) is 2. The lowest BCUT2D eigenvalue weighted by molar-refractivity contribution is -0.171. The minimum absolute atomic E-state index is 0.0382. The third kappa shape index (κ3) is 6.58. The van der Waals surface area contributed by atoms with Gasteiger partial charge in [0.2, 0.25) is 11.8 Å². The first kappa shape index (κ1) is 22.4. The summed E-state index contributed by atoms with van der Waals surface area (Å²) in [6, 6.07) is 0.522. The van der Waals surface area contributed by atoms with Crippen molar-refractivity contribution >= 4 is 11.8 Å². The number of nitrogens with one attached hydrogen (secondary N) is 2. The van der Waals surface area contributed by atoms with Gasteiger partial charge < -0.3 is 15.4 Å². The van der Waals surface area contributed by atoms with Crippen molar-refractivity contribution in [2.45, 2.75) is 89.3 Å². The Morgan fingerprint density at radius 3 is 2.38 bits per heavy atom. The molecule has 4 unspecified atom stereocenters. The molecule has 1 aliphatic carbocycles. The van der Waals surface area contributed by atoms with Gasteiger partial charge in [-0.05, 0) is 52.9 Å². The van der Waals surface area contributed by atoms with Crippen LogP contribution in [0.15, 0.2) is 0 Å².